The predicted molar refractivity (Wildman–Crippen MR) is 73.3 cm³/mol. The lowest BCUT2D eigenvalue weighted by Crippen LogP contribution is -2.11. The maximum absolute atomic E-state index is 11.0. The maximum atomic E-state index is 11.0. The van der Waals surface area contributed by atoms with Gasteiger partial charge in [0.05, 0.1) is 7.11 Å². The van der Waals surface area contributed by atoms with Crippen LogP contribution < -0.4 is 5.73 Å². The Morgan fingerprint density at radius 3 is 2.28 bits per heavy atom. The summed E-state index contributed by atoms with van der Waals surface area (Å²) in [4.78, 5) is 11.0. The average Bonchev–Trinajstić information content (AvgIpc) is 2.38. The molecule has 0 saturated heterocycles. The highest BCUT2D eigenvalue weighted by molar-refractivity contribution is 5.68. The lowest BCUT2D eigenvalue weighted by Gasteiger charge is -2.13. The first-order valence-corrected chi connectivity index (χ1v) is 6.47. The Bertz CT molecular complexity index is 371. The lowest BCUT2D eigenvalue weighted by atomic mass is 9.97. The van der Waals surface area contributed by atoms with E-state index in [-0.39, 0.29) is 12.0 Å². The molecule has 1 aromatic carbocycles. The van der Waals surface area contributed by atoms with Crippen molar-refractivity contribution < 1.29 is 9.53 Å². The SMILES string of the molecule is COC(=O)CCCC(N)c1ccc(C(C)C)cc1. The van der Waals surface area contributed by atoms with Crippen LogP contribution in [-0.4, -0.2) is 13.1 Å². The highest BCUT2D eigenvalue weighted by Gasteiger charge is 2.08. The number of carbonyl (C=O) groups excluding carboxylic acids is 1. The molecule has 2 N–H and O–H groups in total. The average molecular weight is 249 g/mol. The van der Waals surface area contributed by atoms with Gasteiger partial charge in [-0.1, -0.05) is 38.1 Å². The van der Waals surface area contributed by atoms with Crippen LogP contribution in [-0.2, 0) is 9.53 Å². The summed E-state index contributed by atoms with van der Waals surface area (Å²) in [6.45, 7) is 4.34. The Kier molecular flexibility index (Phi) is 5.86. The molecule has 0 aliphatic carbocycles. The van der Waals surface area contributed by atoms with Crippen LogP contribution >= 0.6 is 0 Å². The van der Waals surface area contributed by atoms with Crippen molar-refractivity contribution in [1.82, 2.24) is 0 Å². The van der Waals surface area contributed by atoms with Crippen LogP contribution in [0.1, 0.15) is 56.2 Å². The van der Waals surface area contributed by atoms with E-state index in [0.717, 1.165) is 18.4 Å². The Morgan fingerprint density at radius 1 is 1.22 bits per heavy atom. The van der Waals surface area contributed by atoms with Gasteiger partial charge < -0.3 is 10.5 Å². The van der Waals surface area contributed by atoms with Crippen molar-refractivity contribution in [3.63, 3.8) is 0 Å². The Hall–Kier alpha value is -1.35. The van der Waals surface area contributed by atoms with Gasteiger partial charge in [0.1, 0.15) is 0 Å². The van der Waals surface area contributed by atoms with E-state index in [0.29, 0.717) is 12.3 Å². The van der Waals surface area contributed by atoms with Crippen LogP contribution in [0.4, 0.5) is 0 Å². The topological polar surface area (TPSA) is 52.3 Å². The van der Waals surface area contributed by atoms with E-state index >= 15 is 0 Å². The van der Waals surface area contributed by atoms with Crippen LogP contribution in [0.25, 0.3) is 0 Å². The molecule has 0 fully saturated rings. The quantitative estimate of drug-likeness (QED) is 0.788. The van der Waals surface area contributed by atoms with Crippen LogP contribution in [0.5, 0.6) is 0 Å². The molecule has 3 nitrogen and oxygen atoms in total. The molecule has 1 aromatic rings. The summed E-state index contributed by atoms with van der Waals surface area (Å²) in [7, 11) is 1.41. The second kappa shape index (κ2) is 7.17. The Morgan fingerprint density at radius 2 is 1.78 bits per heavy atom. The number of benzene rings is 1. The molecule has 18 heavy (non-hydrogen) atoms. The summed E-state index contributed by atoms with van der Waals surface area (Å²) in [5.41, 5.74) is 8.55. The van der Waals surface area contributed by atoms with Crippen molar-refractivity contribution in [1.29, 1.82) is 0 Å². The van der Waals surface area contributed by atoms with Crippen LogP contribution in [0.15, 0.2) is 24.3 Å². The fourth-order valence-corrected chi connectivity index (χ4v) is 1.86. The number of nitrogens with two attached hydrogens (primary N) is 1. The van der Waals surface area contributed by atoms with Crippen LogP contribution in [0.2, 0.25) is 0 Å². The summed E-state index contributed by atoms with van der Waals surface area (Å²) in [6, 6.07) is 8.41. The van der Waals surface area contributed by atoms with E-state index in [1.54, 1.807) is 0 Å². The van der Waals surface area contributed by atoms with Crippen LogP contribution in [0.3, 0.4) is 0 Å². The minimum Gasteiger partial charge on any atom is -0.469 e. The van der Waals surface area contributed by atoms with Gasteiger partial charge in [0.2, 0.25) is 0 Å². The maximum Gasteiger partial charge on any atom is 0.305 e. The lowest BCUT2D eigenvalue weighted by molar-refractivity contribution is -0.140. The standard InChI is InChI=1S/C15H23NO2/c1-11(2)12-7-9-13(10-8-12)14(16)5-4-6-15(17)18-3/h7-11,14H,4-6,16H2,1-3H3. The Labute approximate surface area is 109 Å². The monoisotopic (exact) mass is 249 g/mol. The van der Waals surface area contributed by atoms with E-state index in [9.17, 15) is 4.79 Å². The van der Waals surface area contributed by atoms with Crippen LogP contribution in [0, 0.1) is 0 Å². The summed E-state index contributed by atoms with van der Waals surface area (Å²) in [6.07, 6.45) is 2.00. The summed E-state index contributed by atoms with van der Waals surface area (Å²) < 4.78 is 4.60. The highest BCUT2D eigenvalue weighted by atomic mass is 16.5. The van der Waals surface area contributed by atoms with Gasteiger partial charge >= 0.3 is 5.97 Å². The molecule has 1 rings (SSSR count). The largest absolute Gasteiger partial charge is 0.469 e. The number of methoxy groups -OCH3 is 1. The van der Waals surface area contributed by atoms with Gasteiger partial charge in [0.15, 0.2) is 0 Å². The molecule has 100 valence electrons. The molecule has 0 aliphatic heterocycles. The zero-order valence-corrected chi connectivity index (χ0v) is 11.5. The number of rotatable bonds is 6. The molecule has 0 radical (unpaired) electrons. The van der Waals surface area contributed by atoms with Crippen molar-refractivity contribution in [2.75, 3.05) is 7.11 Å². The molecule has 0 amide bonds. The molecular formula is C15H23NO2. The summed E-state index contributed by atoms with van der Waals surface area (Å²) in [5.74, 6) is 0.368. The van der Waals surface area contributed by atoms with Gasteiger partial charge in [0.25, 0.3) is 0 Å². The number of ether oxygens (including phenoxy) is 1. The van der Waals surface area contributed by atoms with E-state index in [1.165, 1.54) is 12.7 Å². The van der Waals surface area contributed by atoms with Crippen molar-refractivity contribution in [3.05, 3.63) is 35.4 Å². The molecule has 0 bridgehead atoms. The minimum atomic E-state index is -0.169. The molecule has 0 heterocycles. The molecule has 0 aromatic heterocycles. The van der Waals surface area contributed by atoms with Gasteiger partial charge in [-0.05, 0) is 29.9 Å². The molecule has 0 aliphatic rings. The second-order valence-corrected chi connectivity index (χ2v) is 4.90. The Balaban J connectivity index is 2.46. The van der Waals surface area contributed by atoms with Gasteiger partial charge in [-0.3, -0.25) is 4.79 Å². The highest BCUT2D eigenvalue weighted by Crippen LogP contribution is 2.20. The fraction of sp³-hybridized carbons (Fsp3) is 0.533. The van der Waals surface area contributed by atoms with Gasteiger partial charge in [0, 0.05) is 12.5 Å². The van der Waals surface area contributed by atoms with E-state index in [1.807, 2.05) is 0 Å². The number of hydrogen-bond acceptors (Lipinski definition) is 3. The predicted octanol–water partition coefficient (Wildman–Crippen LogP) is 3.15. The fourth-order valence-electron chi connectivity index (χ4n) is 1.86. The third kappa shape index (κ3) is 4.49. The second-order valence-electron chi connectivity index (χ2n) is 4.90. The van der Waals surface area contributed by atoms with Crippen molar-refractivity contribution in [2.24, 2.45) is 5.73 Å². The first-order valence-electron chi connectivity index (χ1n) is 6.47. The molecular weight excluding hydrogens is 226 g/mol. The molecule has 3 heteroatoms. The molecule has 1 unspecified atom stereocenters. The molecule has 0 spiro atoms. The number of carbonyl (C=O) groups is 1. The number of hydrogen-bond donors (Lipinski definition) is 1. The first kappa shape index (κ1) is 14.7. The van der Waals surface area contributed by atoms with E-state index < -0.39 is 0 Å². The van der Waals surface area contributed by atoms with Crippen molar-refractivity contribution >= 4 is 5.97 Å². The van der Waals surface area contributed by atoms with Gasteiger partial charge in [-0.25, -0.2) is 0 Å². The molecule has 1 atom stereocenters. The van der Waals surface area contributed by atoms with Crippen molar-refractivity contribution in [3.8, 4) is 0 Å². The number of esters is 1. The van der Waals surface area contributed by atoms with Gasteiger partial charge in [-0.2, -0.15) is 0 Å². The summed E-state index contributed by atoms with van der Waals surface area (Å²) >= 11 is 0. The smallest absolute Gasteiger partial charge is 0.305 e. The normalized spacial score (nSPS) is 12.5. The minimum absolute atomic E-state index is 0.00383. The van der Waals surface area contributed by atoms with Gasteiger partial charge in [-0.15, -0.1) is 0 Å². The first-order chi connectivity index (χ1) is 8.54. The zero-order chi connectivity index (χ0) is 13.5. The third-order valence-electron chi connectivity index (χ3n) is 3.15. The van der Waals surface area contributed by atoms with Crippen molar-refractivity contribution in [2.45, 2.75) is 45.1 Å². The summed E-state index contributed by atoms with van der Waals surface area (Å²) in [5, 5.41) is 0. The molecule has 0 saturated carbocycles. The van der Waals surface area contributed by atoms with E-state index in [4.69, 9.17) is 5.73 Å². The zero-order valence-electron chi connectivity index (χ0n) is 11.5. The van der Waals surface area contributed by atoms with E-state index in [2.05, 4.69) is 42.8 Å². The third-order valence-corrected chi connectivity index (χ3v) is 3.15.